The van der Waals surface area contributed by atoms with Crippen LogP contribution in [0.3, 0.4) is 0 Å². The average molecular weight is 350 g/mol. The Labute approximate surface area is 147 Å². The lowest BCUT2D eigenvalue weighted by atomic mass is 10.0. The molecule has 24 heavy (non-hydrogen) atoms. The first-order valence-corrected chi connectivity index (χ1v) is 9.75. The highest BCUT2D eigenvalue weighted by molar-refractivity contribution is 7.12. The Morgan fingerprint density at radius 1 is 1.25 bits per heavy atom. The maximum atomic E-state index is 12.1. The summed E-state index contributed by atoms with van der Waals surface area (Å²) in [6, 6.07) is 3.94. The van der Waals surface area contributed by atoms with Crippen molar-refractivity contribution in [3.63, 3.8) is 0 Å². The van der Waals surface area contributed by atoms with Crippen molar-refractivity contribution in [1.82, 2.24) is 10.2 Å². The van der Waals surface area contributed by atoms with Gasteiger partial charge < -0.3 is 15.0 Å². The van der Waals surface area contributed by atoms with Gasteiger partial charge in [-0.25, -0.2) is 0 Å². The molecule has 1 N–H and O–H groups in total. The van der Waals surface area contributed by atoms with E-state index >= 15 is 0 Å². The number of rotatable bonds is 7. The molecule has 0 aromatic carbocycles. The zero-order valence-corrected chi connectivity index (χ0v) is 14.9. The minimum absolute atomic E-state index is 0.00236. The second-order valence-corrected chi connectivity index (χ2v) is 7.72. The van der Waals surface area contributed by atoms with Gasteiger partial charge in [0.25, 0.3) is 0 Å². The predicted molar refractivity (Wildman–Crippen MR) is 94.4 cm³/mol. The third-order valence-electron chi connectivity index (χ3n) is 4.87. The van der Waals surface area contributed by atoms with Gasteiger partial charge in [-0.1, -0.05) is 6.07 Å². The van der Waals surface area contributed by atoms with Gasteiger partial charge in [-0.2, -0.15) is 0 Å². The van der Waals surface area contributed by atoms with Gasteiger partial charge in [-0.15, -0.1) is 11.3 Å². The second kappa shape index (κ2) is 8.74. The molecule has 1 amide bonds. The number of piperidine rings is 1. The smallest absolute Gasteiger partial charge is 0.220 e. The summed E-state index contributed by atoms with van der Waals surface area (Å²) >= 11 is 1.44. The zero-order chi connectivity index (χ0) is 16.8. The number of likely N-dealkylation sites (tertiary alicyclic amines) is 1. The highest BCUT2D eigenvalue weighted by Crippen LogP contribution is 2.18. The van der Waals surface area contributed by atoms with E-state index in [1.807, 2.05) is 17.5 Å². The number of carbonyl (C=O) groups excluding carboxylic acids is 2. The monoisotopic (exact) mass is 350 g/mol. The SMILES string of the molecule is O=C(CCC(=O)c1cccs1)NC1CCN(CC2CCOC2)CC1. The molecule has 0 radical (unpaired) electrons. The standard InChI is InChI=1S/C18H26N2O3S/c21-16(17-2-1-11-24-17)3-4-18(22)19-15-5-8-20(9-6-15)12-14-7-10-23-13-14/h1-2,11,14-15H,3-10,12-13H2,(H,19,22). The third kappa shape index (κ3) is 5.13. The van der Waals surface area contributed by atoms with Gasteiger partial charge in [0.2, 0.25) is 5.91 Å². The van der Waals surface area contributed by atoms with Crippen LogP contribution in [0.1, 0.15) is 41.8 Å². The molecule has 3 rings (SSSR count). The summed E-state index contributed by atoms with van der Waals surface area (Å²) in [5, 5.41) is 4.98. The quantitative estimate of drug-likeness (QED) is 0.767. The summed E-state index contributed by atoms with van der Waals surface area (Å²) < 4.78 is 5.43. The van der Waals surface area contributed by atoms with Gasteiger partial charge in [0.15, 0.2) is 5.78 Å². The van der Waals surface area contributed by atoms with Crippen LogP contribution in [0.15, 0.2) is 17.5 Å². The van der Waals surface area contributed by atoms with E-state index in [9.17, 15) is 9.59 Å². The van der Waals surface area contributed by atoms with Crippen LogP contribution in [-0.4, -0.2) is 55.5 Å². The molecule has 0 saturated carbocycles. The van der Waals surface area contributed by atoms with Gasteiger partial charge in [0, 0.05) is 45.1 Å². The molecular weight excluding hydrogens is 324 g/mol. The predicted octanol–water partition coefficient (Wildman–Crippen LogP) is 2.33. The number of hydrogen-bond acceptors (Lipinski definition) is 5. The molecule has 5 nitrogen and oxygen atoms in total. The fraction of sp³-hybridized carbons (Fsp3) is 0.667. The van der Waals surface area contributed by atoms with Gasteiger partial charge >= 0.3 is 0 Å². The molecule has 6 heteroatoms. The van der Waals surface area contributed by atoms with Crippen molar-refractivity contribution in [3.05, 3.63) is 22.4 Å². The number of carbonyl (C=O) groups is 2. The molecule has 2 aliphatic rings. The Morgan fingerprint density at radius 3 is 2.75 bits per heavy atom. The van der Waals surface area contributed by atoms with Crippen LogP contribution >= 0.6 is 11.3 Å². The molecule has 0 bridgehead atoms. The Bertz CT molecular complexity index is 532. The molecule has 2 fully saturated rings. The first-order valence-electron chi connectivity index (χ1n) is 8.87. The van der Waals surface area contributed by atoms with E-state index in [-0.39, 0.29) is 24.2 Å². The summed E-state index contributed by atoms with van der Waals surface area (Å²) in [4.78, 5) is 27.2. The molecule has 3 heterocycles. The largest absolute Gasteiger partial charge is 0.381 e. The van der Waals surface area contributed by atoms with Crippen LogP contribution in [0.4, 0.5) is 0 Å². The van der Waals surface area contributed by atoms with Gasteiger partial charge in [-0.3, -0.25) is 9.59 Å². The first-order chi connectivity index (χ1) is 11.7. The Hall–Kier alpha value is -1.24. The number of nitrogens with zero attached hydrogens (tertiary/aromatic N) is 1. The molecule has 2 aliphatic heterocycles. The van der Waals surface area contributed by atoms with Crippen molar-refractivity contribution in [2.24, 2.45) is 5.92 Å². The van der Waals surface area contributed by atoms with E-state index in [2.05, 4.69) is 10.2 Å². The van der Waals surface area contributed by atoms with E-state index in [1.54, 1.807) is 0 Å². The summed E-state index contributed by atoms with van der Waals surface area (Å²) in [7, 11) is 0. The lowest BCUT2D eigenvalue weighted by Gasteiger charge is -2.33. The van der Waals surface area contributed by atoms with Crippen molar-refractivity contribution >= 4 is 23.0 Å². The molecule has 1 atom stereocenters. The summed E-state index contributed by atoms with van der Waals surface area (Å²) in [6.07, 6.45) is 3.76. The van der Waals surface area contributed by atoms with Crippen LogP contribution in [-0.2, 0) is 9.53 Å². The van der Waals surface area contributed by atoms with E-state index in [0.717, 1.165) is 50.6 Å². The van der Waals surface area contributed by atoms with Crippen molar-refractivity contribution in [2.75, 3.05) is 32.8 Å². The number of nitrogens with one attached hydrogen (secondary N) is 1. The number of Topliss-reactive ketones (excluding diaryl/α,β-unsaturated/α-hetero) is 1. The Morgan fingerprint density at radius 2 is 2.08 bits per heavy atom. The molecule has 2 saturated heterocycles. The van der Waals surface area contributed by atoms with Crippen LogP contribution in [0.25, 0.3) is 0 Å². The second-order valence-electron chi connectivity index (χ2n) is 6.77. The van der Waals surface area contributed by atoms with Gasteiger partial charge in [0.05, 0.1) is 11.5 Å². The number of hydrogen-bond donors (Lipinski definition) is 1. The molecule has 132 valence electrons. The fourth-order valence-corrected chi connectivity index (χ4v) is 4.13. The highest BCUT2D eigenvalue weighted by atomic mass is 32.1. The Balaban J connectivity index is 1.32. The van der Waals surface area contributed by atoms with Crippen molar-refractivity contribution < 1.29 is 14.3 Å². The number of ether oxygens (including phenoxy) is 1. The van der Waals surface area contributed by atoms with Crippen molar-refractivity contribution in [2.45, 2.75) is 38.1 Å². The third-order valence-corrected chi connectivity index (χ3v) is 5.78. The molecule has 1 aromatic rings. The summed E-state index contributed by atoms with van der Waals surface area (Å²) in [5.41, 5.74) is 0. The highest BCUT2D eigenvalue weighted by Gasteiger charge is 2.24. The fourth-order valence-electron chi connectivity index (χ4n) is 3.44. The molecule has 1 aromatic heterocycles. The normalized spacial score (nSPS) is 22.6. The van der Waals surface area contributed by atoms with Crippen molar-refractivity contribution in [3.8, 4) is 0 Å². The first kappa shape index (κ1) is 17.6. The van der Waals surface area contributed by atoms with Crippen LogP contribution in [0, 0.1) is 5.92 Å². The number of thiophene rings is 1. The van der Waals surface area contributed by atoms with Crippen molar-refractivity contribution in [1.29, 1.82) is 0 Å². The van der Waals surface area contributed by atoms with Crippen LogP contribution < -0.4 is 5.32 Å². The number of amides is 1. The zero-order valence-electron chi connectivity index (χ0n) is 14.0. The van der Waals surface area contributed by atoms with Crippen LogP contribution in [0.5, 0.6) is 0 Å². The van der Waals surface area contributed by atoms with E-state index in [0.29, 0.717) is 12.3 Å². The molecular formula is C18H26N2O3S. The minimum atomic E-state index is 0.00236. The molecule has 1 unspecified atom stereocenters. The Kier molecular flexibility index (Phi) is 6.40. The average Bonchev–Trinajstić information content (AvgIpc) is 3.28. The van der Waals surface area contributed by atoms with Crippen LogP contribution in [0.2, 0.25) is 0 Å². The summed E-state index contributed by atoms with van der Waals surface area (Å²) in [6.45, 7) is 5.00. The van der Waals surface area contributed by atoms with E-state index in [1.165, 1.54) is 17.8 Å². The summed E-state index contributed by atoms with van der Waals surface area (Å²) in [5.74, 6) is 0.746. The lowest BCUT2D eigenvalue weighted by molar-refractivity contribution is -0.122. The minimum Gasteiger partial charge on any atom is -0.381 e. The van der Waals surface area contributed by atoms with Gasteiger partial charge in [0.1, 0.15) is 0 Å². The number of ketones is 1. The molecule has 0 aliphatic carbocycles. The lowest BCUT2D eigenvalue weighted by Crippen LogP contribution is -2.45. The van der Waals surface area contributed by atoms with Gasteiger partial charge in [-0.05, 0) is 36.6 Å². The topological polar surface area (TPSA) is 58.6 Å². The van der Waals surface area contributed by atoms with E-state index < -0.39 is 0 Å². The maximum Gasteiger partial charge on any atom is 0.220 e. The van der Waals surface area contributed by atoms with E-state index in [4.69, 9.17) is 4.74 Å². The molecule has 0 spiro atoms. The maximum absolute atomic E-state index is 12.1.